The highest BCUT2D eigenvalue weighted by Crippen LogP contribution is 2.37. The van der Waals surface area contributed by atoms with Crippen molar-refractivity contribution in [3.8, 4) is 5.75 Å². The second-order valence-electron chi connectivity index (χ2n) is 5.55. The first kappa shape index (κ1) is 19.8. The summed E-state index contributed by atoms with van der Waals surface area (Å²) in [5.41, 5.74) is 0.337. The van der Waals surface area contributed by atoms with Crippen LogP contribution in [0.15, 0.2) is 18.2 Å². The van der Waals surface area contributed by atoms with Crippen molar-refractivity contribution < 1.29 is 22.7 Å². The summed E-state index contributed by atoms with van der Waals surface area (Å²) in [7, 11) is -3.68. The van der Waals surface area contributed by atoms with Crippen LogP contribution in [-0.4, -0.2) is 52.5 Å². The average Bonchev–Trinajstić information content (AvgIpc) is 2.58. The number of nitrogens with one attached hydrogen (secondary N) is 1. The molecule has 0 spiro atoms. The summed E-state index contributed by atoms with van der Waals surface area (Å²) < 4.78 is 37.5. The maximum atomic E-state index is 12.7. The lowest BCUT2D eigenvalue weighted by Crippen LogP contribution is -2.51. The van der Waals surface area contributed by atoms with Gasteiger partial charge in [0.2, 0.25) is 10.0 Å². The molecule has 1 heterocycles. The smallest absolute Gasteiger partial charge is 0.263 e. The van der Waals surface area contributed by atoms with Crippen LogP contribution >= 0.6 is 11.6 Å². The number of anilines is 1. The largest absolute Gasteiger partial charge is 0.476 e. The summed E-state index contributed by atoms with van der Waals surface area (Å²) in [6.45, 7) is 4.65. The van der Waals surface area contributed by atoms with E-state index in [-0.39, 0.29) is 24.8 Å². The molecule has 9 heteroatoms. The number of carbonyl (C=O) groups is 1. The predicted octanol–water partition coefficient (Wildman–Crippen LogP) is 1.80. The van der Waals surface area contributed by atoms with Crippen molar-refractivity contribution in [1.29, 1.82) is 0 Å². The van der Waals surface area contributed by atoms with Crippen molar-refractivity contribution in [2.75, 3.05) is 36.4 Å². The van der Waals surface area contributed by atoms with Crippen LogP contribution < -0.4 is 14.4 Å². The highest BCUT2D eigenvalue weighted by atomic mass is 35.5. The first-order chi connectivity index (χ1) is 11.9. The third kappa shape index (κ3) is 4.99. The monoisotopic (exact) mass is 390 g/mol. The van der Waals surface area contributed by atoms with Crippen molar-refractivity contribution in [1.82, 2.24) is 5.32 Å². The molecule has 1 unspecified atom stereocenters. The number of halogens is 1. The van der Waals surface area contributed by atoms with Crippen LogP contribution in [0.4, 0.5) is 5.69 Å². The van der Waals surface area contributed by atoms with E-state index < -0.39 is 16.1 Å². The fraction of sp³-hybridized carbons (Fsp3) is 0.562. The molecule has 0 saturated carbocycles. The normalized spacial score (nSPS) is 16.9. The van der Waals surface area contributed by atoms with Crippen LogP contribution in [0.2, 0.25) is 5.02 Å². The lowest BCUT2D eigenvalue weighted by atomic mass is 10.2. The Balaban J connectivity index is 2.29. The molecule has 0 radical (unpaired) electrons. The highest BCUT2D eigenvalue weighted by Gasteiger charge is 2.36. The Labute approximate surface area is 153 Å². The zero-order chi connectivity index (χ0) is 18.4. The molecule has 0 aromatic heterocycles. The molecule has 0 bridgehead atoms. The minimum absolute atomic E-state index is 0.0821. The zero-order valence-electron chi connectivity index (χ0n) is 14.3. The molecule has 0 fully saturated rings. The van der Waals surface area contributed by atoms with Crippen molar-refractivity contribution in [3.63, 3.8) is 0 Å². The van der Waals surface area contributed by atoms with Crippen molar-refractivity contribution in [2.45, 2.75) is 26.4 Å². The first-order valence-electron chi connectivity index (χ1n) is 8.21. The number of hydrogen-bond donors (Lipinski definition) is 1. The number of nitrogens with zero attached hydrogens (tertiary/aromatic N) is 1. The quantitative estimate of drug-likeness (QED) is 0.684. The van der Waals surface area contributed by atoms with Gasteiger partial charge in [-0.2, -0.15) is 0 Å². The van der Waals surface area contributed by atoms with E-state index in [1.54, 1.807) is 19.1 Å². The second-order valence-corrected chi connectivity index (χ2v) is 8.00. The summed E-state index contributed by atoms with van der Waals surface area (Å²) in [5, 5.41) is 3.12. The van der Waals surface area contributed by atoms with Crippen molar-refractivity contribution in [2.24, 2.45) is 0 Å². The maximum absolute atomic E-state index is 12.7. The molecule has 1 aliphatic heterocycles. The molecule has 0 saturated heterocycles. The Kier molecular flexibility index (Phi) is 6.92. The van der Waals surface area contributed by atoms with Gasteiger partial charge in [-0.25, -0.2) is 8.42 Å². The maximum Gasteiger partial charge on any atom is 0.263 e. The topological polar surface area (TPSA) is 84.9 Å². The molecular formula is C16H23ClN2O5S. The molecule has 140 valence electrons. The molecule has 1 aliphatic rings. The molecule has 1 aromatic rings. The molecule has 1 amide bonds. The van der Waals surface area contributed by atoms with Gasteiger partial charge in [0.1, 0.15) is 5.75 Å². The van der Waals surface area contributed by atoms with Crippen LogP contribution in [0.25, 0.3) is 0 Å². The van der Waals surface area contributed by atoms with E-state index in [4.69, 9.17) is 21.1 Å². The Hall–Kier alpha value is -1.51. The van der Waals surface area contributed by atoms with Gasteiger partial charge in [0, 0.05) is 18.2 Å². The summed E-state index contributed by atoms with van der Waals surface area (Å²) in [5.74, 6) is -0.212. The van der Waals surface area contributed by atoms with E-state index in [0.717, 1.165) is 6.42 Å². The van der Waals surface area contributed by atoms with Gasteiger partial charge in [-0.1, -0.05) is 18.5 Å². The van der Waals surface area contributed by atoms with Crippen LogP contribution in [0.1, 0.15) is 20.3 Å². The Morgan fingerprint density at radius 3 is 2.88 bits per heavy atom. The van der Waals surface area contributed by atoms with E-state index in [0.29, 0.717) is 29.6 Å². The lowest BCUT2D eigenvalue weighted by Gasteiger charge is -2.34. The number of ether oxygens (including phenoxy) is 2. The van der Waals surface area contributed by atoms with Crippen LogP contribution in [0.5, 0.6) is 5.75 Å². The summed E-state index contributed by atoms with van der Waals surface area (Å²) in [6, 6.07) is 4.69. The van der Waals surface area contributed by atoms with E-state index in [9.17, 15) is 13.2 Å². The van der Waals surface area contributed by atoms with E-state index in [1.807, 2.05) is 6.92 Å². The number of rotatable bonds is 8. The molecule has 2 rings (SSSR count). The molecule has 1 N–H and O–H groups in total. The third-order valence-corrected chi connectivity index (χ3v) is 5.59. The van der Waals surface area contributed by atoms with Gasteiger partial charge in [-0.05, 0) is 31.5 Å². The van der Waals surface area contributed by atoms with Gasteiger partial charge >= 0.3 is 0 Å². The van der Waals surface area contributed by atoms with Gasteiger partial charge < -0.3 is 14.8 Å². The number of sulfonamides is 1. The number of benzene rings is 1. The fourth-order valence-electron chi connectivity index (χ4n) is 2.41. The molecule has 0 aliphatic carbocycles. The summed E-state index contributed by atoms with van der Waals surface area (Å²) in [4.78, 5) is 12.3. The Bertz CT molecular complexity index is 710. The van der Waals surface area contributed by atoms with Gasteiger partial charge in [-0.3, -0.25) is 9.10 Å². The standard InChI is InChI=1S/C16H23ClN2O5S/c1-3-7-18-16(20)15-11-19(25(21,22)9-8-23-4-2)13-10-12(17)5-6-14(13)24-15/h5-6,10,15H,3-4,7-9,11H2,1-2H3,(H,18,20). The van der Waals surface area contributed by atoms with E-state index in [2.05, 4.69) is 5.32 Å². The molecule has 1 atom stereocenters. The highest BCUT2D eigenvalue weighted by molar-refractivity contribution is 7.92. The van der Waals surface area contributed by atoms with E-state index >= 15 is 0 Å². The van der Waals surface area contributed by atoms with Crippen LogP contribution in [0.3, 0.4) is 0 Å². The van der Waals surface area contributed by atoms with Gasteiger partial charge in [0.05, 0.1) is 24.6 Å². The summed E-state index contributed by atoms with van der Waals surface area (Å²) >= 11 is 6.01. The average molecular weight is 391 g/mol. The lowest BCUT2D eigenvalue weighted by molar-refractivity contribution is -0.127. The van der Waals surface area contributed by atoms with E-state index in [1.165, 1.54) is 10.4 Å². The van der Waals surface area contributed by atoms with Gasteiger partial charge in [0.25, 0.3) is 5.91 Å². The molecule has 7 nitrogen and oxygen atoms in total. The number of amides is 1. The second kappa shape index (κ2) is 8.73. The zero-order valence-corrected chi connectivity index (χ0v) is 15.9. The van der Waals surface area contributed by atoms with Crippen LogP contribution in [-0.2, 0) is 19.6 Å². The minimum Gasteiger partial charge on any atom is -0.476 e. The Morgan fingerprint density at radius 2 is 2.20 bits per heavy atom. The number of fused-ring (bicyclic) bond motifs is 1. The fourth-order valence-corrected chi connectivity index (χ4v) is 3.93. The van der Waals surface area contributed by atoms with Crippen molar-refractivity contribution >= 4 is 33.2 Å². The predicted molar refractivity (Wildman–Crippen MR) is 96.8 cm³/mol. The van der Waals surface area contributed by atoms with Crippen molar-refractivity contribution in [3.05, 3.63) is 23.2 Å². The first-order valence-corrected chi connectivity index (χ1v) is 10.2. The minimum atomic E-state index is -3.68. The Morgan fingerprint density at radius 1 is 1.44 bits per heavy atom. The number of hydrogen-bond acceptors (Lipinski definition) is 5. The molecular weight excluding hydrogens is 368 g/mol. The summed E-state index contributed by atoms with van der Waals surface area (Å²) in [6.07, 6.45) is -0.136. The third-order valence-electron chi connectivity index (χ3n) is 3.66. The molecule has 1 aromatic carbocycles. The van der Waals surface area contributed by atoms with Crippen LogP contribution in [0, 0.1) is 0 Å². The SMILES string of the molecule is CCCNC(=O)C1CN(S(=O)(=O)CCOCC)c2cc(Cl)ccc2O1. The number of carbonyl (C=O) groups excluding carboxylic acids is 1. The molecule has 25 heavy (non-hydrogen) atoms. The van der Waals surface area contributed by atoms with Gasteiger partial charge in [-0.15, -0.1) is 0 Å². The van der Waals surface area contributed by atoms with Gasteiger partial charge in [0.15, 0.2) is 6.10 Å².